The molecule has 2 aromatic heterocycles. The highest BCUT2D eigenvalue weighted by Gasteiger charge is 2.46. The minimum Gasteiger partial charge on any atom is -0.493 e. The number of fused-ring (bicyclic) bond motifs is 1. The van der Waals surface area contributed by atoms with Crippen LogP contribution in [0.4, 0.5) is 17.3 Å². The van der Waals surface area contributed by atoms with Crippen molar-refractivity contribution < 1.29 is 28.7 Å². The molecule has 5 heterocycles. The first-order valence-electron chi connectivity index (χ1n) is 21.8. The summed E-state index contributed by atoms with van der Waals surface area (Å²) in [6, 6.07) is 23.9. The Bertz CT molecular complexity index is 2520. The highest BCUT2D eigenvalue weighted by molar-refractivity contribution is 6.33. The number of nitrogens with zero attached hydrogens (tertiary/aromatic N) is 6. The molecule has 3 aliphatic heterocycles. The summed E-state index contributed by atoms with van der Waals surface area (Å²) in [6.07, 6.45) is 10.1. The van der Waals surface area contributed by atoms with Gasteiger partial charge in [-0.3, -0.25) is 39.2 Å². The highest BCUT2D eigenvalue weighted by atomic mass is 35.5. The van der Waals surface area contributed by atoms with E-state index in [0.717, 1.165) is 93.0 Å². The molecule has 0 saturated carbocycles. The van der Waals surface area contributed by atoms with Crippen LogP contribution >= 0.6 is 11.6 Å². The first-order valence-corrected chi connectivity index (χ1v) is 22.2. The van der Waals surface area contributed by atoms with E-state index in [0.29, 0.717) is 46.8 Å². The number of amides is 5. The summed E-state index contributed by atoms with van der Waals surface area (Å²) >= 11 is 6.55. The number of carbonyl (C=O) groups excluding carboxylic acids is 5. The average molecular weight is 884 g/mol. The zero-order valence-electron chi connectivity index (χ0n) is 35.4. The van der Waals surface area contributed by atoms with Gasteiger partial charge in [0.25, 0.3) is 11.8 Å². The van der Waals surface area contributed by atoms with Crippen molar-refractivity contribution in [2.24, 2.45) is 0 Å². The van der Waals surface area contributed by atoms with Gasteiger partial charge in [-0.2, -0.15) is 0 Å². The number of hydrogen-bond acceptors (Lipinski definition) is 12. The highest BCUT2D eigenvalue weighted by Crippen LogP contribution is 2.34. The smallest absolute Gasteiger partial charge is 0.266 e. The molecule has 5 aromatic rings. The number of hydrogen-bond donors (Lipinski definition) is 3. The molecule has 8 rings (SSSR count). The summed E-state index contributed by atoms with van der Waals surface area (Å²) in [6.45, 7) is 6.13. The molecule has 330 valence electrons. The van der Waals surface area contributed by atoms with E-state index in [9.17, 15) is 24.0 Å². The van der Waals surface area contributed by atoms with E-state index in [1.807, 2.05) is 36.4 Å². The lowest BCUT2D eigenvalue weighted by molar-refractivity contribution is -0.136. The lowest BCUT2D eigenvalue weighted by atomic mass is 10.0. The Morgan fingerprint density at radius 1 is 0.766 bits per heavy atom. The first kappa shape index (κ1) is 44.1. The van der Waals surface area contributed by atoms with Crippen LogP contribution in [-0.4, -0.2) is 111 Å². The fourth-order valence-electron chi connectivity index (χ4n) is 8.32. The number of anilines is 3. The number of halogens is 1. The Morgan fingerprint density at radius 2 is 1.48 bits per heavy atom. The van der Waals surface area contributed by atoms with Gasteiger partial charge in [-0.15, -0.1) is 0 Å². The summed E-state index contributed by atoms with van der Waals surface area (Å²) in [4.78, 5) is 82.5. The van der Waals surface area contributed by atoms with E-state index in [-0.39, 0.29) is 29.9 Å². The van der Waals surface area contributed by atoms with Gasteiger partial charge in [0.1, 0.15) is 11.8 Å². The molecule has 64 heavy (non-hydrogen) atoms. The predicted molar refractivity (Wildman–Crippen MR) is 243 cm³/mol. The van der Waals surface area contributed by atoms with Gasteiger partial charge in [0.2, 0.25) is 23.7 Å². The van der Waals surface area contributed by atoms with Crippen molar-refractivity contribution >= 4 is 58.5 Å². The lowest BCUT2D eigenvalue weighted by Crippen LogP contribution is -2.54. The van der Waals surface area contributed by atoms with Crippen molar-refractivity contribution in [1.82, 2.24) is 35.0 Å². The SMILES string of the molecule is O=C1CCC(N2C(=O)c3cccc(OCCCN4CCN(CCCCCCC(=O)Nc5cncc(Nc6ncc(Cl)c(-c7cccc(-c8ccccc8)c7)n6)c5)CC4)c3C2=O)C(=O)N1. The second-order valence-corrected chi connectivity index (χ2v) is 16.6. The van der Waals surface area contributed by atoms with Gasteiger partial charge in [0, 0.05) is 51.1 Å². The molecule has 15 nitrogen and oxygen atoms in total. The molecule has 0 spiro atoms. The topological polar surface area (TPSA) is 179 Å². The maximum Gasteiger partial charge on any atom is 0.266 e. The number of carbonyl (C=O) groups is 5. The number of unbranched alkanes of at least 4 members (excludes halogenated alkanes) is 3. The lowest BCUT2D eigenvalue weighted by Gasteiger charge is -2.34. The molecule has 5 amide bonds. The van der Waals surface area contributed by atoms with Crippen LogP contribution < -0.4 is 20.7 Å². The second kappa shape index (κ2) is 20.8. The van der Waals surface area contributed by atoms with Crippen molar-refractivity contribution in [3.05, 3.63) is 114 Å². The number of nitrogens with one attached hydrogen (secondary N) is 3. The maximum atomic E-state index is 13.3. The number of pyridine rings is 1. The summed E-state index contributed by atoms with van der Waals surface area (Å²) in [5, 5.41) is 8.82. The monoisotopic (exact) mass is 883 g/mol. The molecule has 1 atom stereocenters. The van der Waals surface area contributed by atoms with Gasteiger partial charge >= 0.3 is 0 Å². The zero-order valence-corrected chi connectivity index (χ0v) is 36.2. The summed E-state index contributed by atoms with van der Waals surface area (Å²) in [5.74, 6) is -1.54. The normalized spacial score (nSPS) is 16.7. The van der Waals surface area contributed by atoms with Crippen LogP contribution in [0.2, 0.25) is 5.02 Å². The number of ether oxygens (including phenoxy) is 1. The van der Waals surface area contributed by atoms with E-state index in [4.69, 9.17) is 21.3 Å². The van der Waals surface area contributed by atoms with Crippen molar-refractivity contribution in [3.8, 4) is 28.1 Å². The summed E-state index contributed by atoms with van der Waals surface area (Å²) < 4.78 is 6.01. The van der Waals surface area contributed by atoms with Gasteiger partial charge in [0.15, 0.2) is 0 Å². The molecular formula is C48H50ClN9O6. The minimum atomic E-state index is -1.02. The van der Waals surface area contributed by atoms with Crippen LogP contribution in [0.5, 0.6) is 5.75 Å². The minimum absolute atomic E-state index is 0.0588. The number of imide groups is 2. The van der Waals surface area contributed by atoms with E-state index in [2.05, 4.69) is 53.9 Å². The average Bonchev–Trinajstić information content (AvgIpc) is 3.56. The van der Waals surface area contributed by atoms with Crippen LogP contribution in [0.25, 0.3) is 22.4 Å². The van der Waals surface area contributed by atoms with Crippen molar-refractivity contribution in [2.45, 2.75) is 57.4 Å². The summed E-state index contributed by atoms with van der Waals surface area (Å²) in [5.41, 5.74) is 5.22. The quantitative estimate of drug-likeness (QED) is 0.0609. The molecular weight excluding hydrogens is 834 g/mol. The third kappa shape index (κ3) is 10.8. The predicted octanol–water partition coefficient (Wildman–Crippen LogP) is 6.98. The van der Waals surface area contributed by atoms with Crippen molar-refractivity contribution in [3.63, 3.8) is 0 Å². The molecule has 3 N–H and O–H groups in total. The number of aromatic nitrogens is 3. The van der Waals surface area contributed by atoms with Crippen LogP contribution in [0.1, 0.15) is 72.1 Å². The zero-order chi connectivity index (χ0) is 44.4. The standard InChI is InChI=1S/C48H50ClN9O6/c49-38-31-51-48(55-44(38)34-14-8-13-33(27-34)32-11-4-3-5-12-32)53-36-28-35(29-50-30-36)52-41(59)17-6-1-2-7-20-56-22-24-57(25-23-56)21-10-26-64-40-16-9-15-37-43(40)47(63)58(46(37)62)39-18-19-42(60)54-45(39)61/h3-5,8-9,11-16,27-31,39H,1-2,6-7,10,17-26H2,(H,52,59)(H,51,53,55)(H,54,60,61). The third-order valence-electron chi connectivity index (χ3n) is 11.7. The number of piperazine rings is 1. The number of piperidine rings is 1. The fourth-order valence-corrected chi connectivity index (χ4v) is 8.52. The maximum absolute atomic E-state index is 13.3. The Morgan fingerprint density at radius 3 is 2.28 bits per heavy atom. The van der Waals surface area contributed by atoms with Crippen LogP contribution in [-0.2, 0) is 14.4 Å². The molecule has 2 fully saturated rings. The fraction of sp³-hybridized carbons (Fsp3) is 0.333. The Labute approximate surface area is 376 Å². The van der Waals surface area contributed by atoms with Crippen molar-refractivity contribution in [1.29, 1.82) is 0 Å². The Balaban J connectivity index is 0.699. The Kier molecular flexibility index (Phi) is 14.3. The van der Waals surface area contributed by atoms with Gasteiger partial charge in [-0.05, 0) is 67.6 Å². The molecule has 0 aliphatic carbocycles. The molecule has 1 unspecified atom stereocenters. The number of benzene rings is 3. The molecule has 16 heteroatoms. The van der Waals surface area contributed by atoms with Gasteiger partial charge < -0.3 is 25.2 Å². The van der Waals surface area contributed by atoms with E-state index < -0.39 is 29.7 Å². The van der Waals surface area contributed by atoms with Crippen LogP contribution in [0, 0.1) is 0 Å². The van der Waals surface area contributed by atoms with E-state index in [1.54, 1.807) is 42.9 Å². The van der Waals surface area contributed by atoms with Gasteiger partial charge in [0.05, 0.1) is 58.4 Å². The second-order valence-electron chi connectivity index (χ2n) is 16.1. The molecule has 0 bridgehead atoms. The van der Waals surface area contributed by atoms with Gasteiger partial charge in [-0.1, -0.05) is 79.0 Å². The van der Waals surface area contributed by atoms with E-state index >= 15 is 0 Å². The molecule has 3 aliphatic rings. The van der Waals surface area contributed by atoms with Crippen LogP contribution in [0.3, 0.4) is 0 Å². The first-order chi connectivity index (χ1) is 31.2. The van der Waals surface area contributed by atoms with Gasteiger partial charge in [-0.25, -0.2) is 9.97 Å². The third-order valence-corrected chi connectivity index (χ3v) is 11.9. The summed E-state index contributed by atoms with van der Waals surface area (Å²) in [7, 11) is 0. The Hall–Kier alpha value is -6.55. The molecule has 3 aromatic carbocycles. The van der Waals surface area contributed by atoms with Crippen LogP contribution in [0.15, 0.2) is 97.5 Å². The largest absolute Gasteiger partial charge is 0.493 e. The van der Waals surface area contributed by atoms with E-state index in [1.165, 1.54) is 0 Å². The number of rotatable bonds is 18. The van der Waals surface area contributed by atoms with Crippen molar-refractivity contribution in [2.75, 3.05) is 56.5 Å². The molecule has 2 saturated heterocycles. The molecule has 0 radical (unpaired) electrons.